The van der Waals surface area contributed by atoms with Gasteiger partial charge in [-0.05, 0) is 97.8 Å². The Morgan fingerprint density at radius 2 is 1.91 bits per heavy atom. The summed E-state index contributed by atoms with van der Waals surface area (Å²) < 4.78 is 25.4. The summed E-state index contributed by atoms with van der Waals surface area (Å²) in [6, 6.07) is 8.80. The van der Waals surface area contributed by atoms with Crippen LogP contribution in [-0.2, 0) is 9.84 Å². The molecule has 6 atom stereocenters. The van der Waals surface area contributed by atoms with Gasteiger partial charge in [-0.15, -0.1) is 0 Å². The second-order valence-electron chi connectivity index (χ2n) is 11.4. The Bertz CT molecular complexity index is 1070. The molecule has 0 spiro atoms. The minimum atomic E-state index is -3.22. The Balaban J connectivity index is 1.41. The van der Waals surface area contributed by atoms with Gasteiger partial charge >= 0.3 is 0 Å². The number of aliphatic hydroxyl groups is 2. The Morgan fingerprint density at radius 1 is 1.17 bits per heavy atom. The van der Waals surface area contributed by atoms with Crippen LogP contribution < -0.4 is 0 Å². The van der Waals surface area contributed by atoms with Gasteiger partial charge in [-0.1, -0.05) is 56.4 Å². The highest BCUT2D eigenvalue weighted by molar-refractivity contribution is 7.91. The fraction of sp³-hybridized carbons (Fsp3) is 0.600. The topological polar surface area (TPSA) is 74.6 Å². The van der Waals surface area contributed by atoms with Gasteiger partial charge in [0.25, 0.3) is 0 Å². The zero-order chi connectivity index (χ0) is 25.2. The Labute approximate surface area is 211 Å². The van der Waals surface area contributed by atoms with Gasteiger partial charge in [0, 0.05) is 6.42 Å². The van der Waals surface area contributed by atoms with Crippen molar-refractivity contribution in [2.24, 2.45) is 23.2 Å². The summed E-state index contributed by atoms with van der Waals surface area (Å²) in [7, 11) is -3.22. The van der Waals surface area contributed by atoms with Crippen molar-refractivity contribution < 1.29 is 18.6 Å². The molecule has 0 heterocycles. The van der Waals surface area contributed by atoms with Crippen LogP contribution in [0.2, 0.25) is 0 Å². The molecule has 0 bridgehead atoms. The van der Waals surface area contributed by atoms with Crippen LogP contribution in [0.4, 0.5) is 0 Å². The number of benzene rings is 1. The van der Waals surface area contributed by atoms with Crippen molar-refractivity contribution in [1.29, 1.82) is 0 Å². The second kappa shape index (κ2) is 10.7. The first-order valence-corrected chi connectivity index (χ1v) is 15.0. The van der Waals surface area contributed by atoms with Gasteiger partial charge in [0.1, 0.15) is 0 Å². The molecule has 3 aliphatic rings. The summed E-state index contributed by atoms with van der Waals surface area (Å²) in [5.41, 5.74) is 3.46. The minimum Gasteiger partial charge on any atom is -0.393 e. The molecule has 1 aromatic carbocycles. The van der Waals surface area contributed by atoms with Gasteiger partial charge in [-0.3, -0.25) is 0 Å². The van der Waals surface area contributed by atoms with Crippen LogP contribution in [-0.4, -0.2) is 36.6 Å². The first-order valence-electron chi connectivity index (χ1n) is 13.3. The molecule has 2 N–H and O–H groups in total. The third-order valence-corrected chi connectivity index (χ3v) is 11.0. The van der Waals surface area contributed by atoms with E-state index in [9.17, 15) is 18.6 Å². The van der Waals surface area contributed by atoms with Gasteiger partial charge < -0.3 is 10.2 Å². The van der Waals surface area contributed by atoms with Crippen molar-refractivity contribution in [1.82, 2.24) is 0 Å². The first-order chi connectivity index (χ1) is 16.6. The molecule has 4 nitrogen and oxygen atoms in total. The molecule has 4 rings (SSSR count). The van der Waals surface area contributed by atoms with Crippen LogP contribution in [0.3, 0.4) is 0 Å². The lowest BCUT2D eigenvalue weighted by Crippen LogP contribution is -2.36. The highest BCUT2D eigenvalue weighted by Crippen LogP contribution is 2.59. The van der Waals surface area contributed by atoms with Gasteiger partial charge in [-0.25, -0.2) is 8.42 Å². The Kier molecular flexibility index (Phi) is 8.09. The van der Waals surface area contributed by atoms with Gasteiger partial charge in [0.2, 0.25) is 0 Å². The monoisotopic (exact) mass is 498 g/mol. The van der Waals surface area contributed by atoms with Crippen molar-refractivity contribution in [3.8, 4) is 0 Å². The molecule has 192 valence electrons. The van der Waals surface area contributed by atoms with Crippen LogP contribution in [0.1, 0.15) is 71.6 Å². The van der Waals surface area contributed by atoms with Crippen LogP contribution in [0.25, 0.3) is 0 Å². The fourth-order valence-corrected chi connectivity index (χ4v) is 8.58. The van der Waals surface area contributed by atoms with E-state index in [-0.39, 0.29) is 11.2 Å². The molecule has 0 radical (unpaired) electrons. The third-order valence-electron chi connectivity index (χ3n) is 9.16. The minimum absolute atomic E-state index is 0.217. The molecule has 0 aromatic heterocycles. The predicted octanol–water partition coefficient (Wildman–Crippen LogP) is 6.02. The molecule has 3 saturated carbocycles. The van der Waals surface area contributed by atoms with E-state index in [0.717, 1.165) is 24.0 Å². The van der Waals surface area contributed by atoms with Gasteiger partial charge in [-0.2, -0.15) is 0 Å². The zero-order valence-electron chi connectivity index (χ0n) is 21.3. The first kappa shape index (κ1) is 26.4. The summed E-state index contributed by atoms with van der Waals surface area (Å²) >= 11 is 0. The molecule has 3 aliphatic carbocycles. The van der Waals surface area contributed by atoms with E-state index in [1.54, 1.807) is 24.3 Å². The number of allylic oxidation sites excluding steroid dienone is 3. The maximum atomic E-state index is 12.7. The zero-order valence-corrected chi connectivity index (χ0v) is 22.1. The van der Waals surface area contributed by atoms with Crippen LogP contribution in [0.5, 0.6) is 0 Å². The van der Waals surface area contributed by atoms with Gasteiger partial charge in [0.15, 0.2) is 9.84 Å². The predicted molar refractivity (Wildman–Crippen MR) is 142 cm³/mol. The van der Waals surface area contributed by atoms with Crippen molar-refractivity contribution in [3.63, 3.8) is 0 Å². The molecule has 3 unspecified atom stereocenters. The maximum Gasteiger partial charge on any atom is 0.178 e. The number of sulfone groups is 1. The van der Waals surface area contributed by atoms with Crippen LogP contribution >= 0.6 is 0 Å². The van der Waals surface area contributed by atoms with E-state index in [4.69, 9.17) is 0 Å². The number of fused-ring (bicyclic) bond motifs is 1. The quantitative estimate of drug-likeness (QED) is 0.482. The maximum absolute atomic E-state index is 12.7. The van der Waals surface area contributed by atoms with E-state index in [1.807, 2.05) is 6.07 Å². The summed E-state index contributed by atoms with van der Waals surface area (Å²) in [6.07, 6.45) is 11.7. The number of rotatable bonds is 7. The molecular weight excluding hydrogens is 456 g/mol. The number of aliphatic hydroxyl groups excluding tert-OH is 2. The molecular formula is C30H42O4S. The normalized spacial score (nSPS) is 34.8. The lowest BCUT2D eigenvalue weighted by atomic mass is 9.61. The van der Waals surface area contributed by atoms with E-state index in [0.29, 0.717) is 41.9 Å². The summed E-state index contributed by atoms with van der Waals surface area (Å²) in [5, 5.41) is 20.2. The van der Waals surface area contributed by atoms with Crippen LogP contribution in [0.15, 0.2) is 70.7 Å². The molecule has 0 amide bonds. The average Bonchev–Trinajstić information content (AvgIpc) is 3.18. The van der Waals surface area contributed by atoms with E-state index in [2.05, 4.69) is 32.6 Å². The van der Waals surface area contributed by atoms with Crippen molar-refractivity contribution in [2.75, 3.05) is 5.75 Å². The molecule has 0 aliphatic heterocycles. The SMILES string of the molecule is C=C1/C(=C\C=C2/CCC[C@@]3(C)C2CC[C@@H]3[C@H](C)CCCS(=O)(=O)c2ccccc2)CC(O)CC1O. The molecule has 3 fully saturated rings. The van der Waals surface area contributed by atoms with Crippen molar-refractivity contribution in [3.05, 3.63) is 65.8 Å². The molecule has 1 aromatic rings. The molecule has 0 saturated heterocycles. The lowest BCUT2D eigenvalue weighted by Gasteiger charge is -2.44. The second-order valence-corrected chi connectivity index (χ2v) is 13.5. The van der Waals surface area contributed by atoms with E-state index in [1.165, 1.54) is 31.3 Å². The van der Waals surface area contributed by atoms with Crippen LogP contribution in [0, 0.1) is 23.2 Å². The van der Waals surface area contributed by atoms with Gasteiger partial charge in [0.05, 0.1) is 22.9 Å². The Morgan fingerprint density at radius 3 is 2.66 bits per heavy atom. The smallest absolute Gasteiger partial charge is 0.178 e. The summed E-state index contributed by atoms with van der Waals surface area (Å²) in [5.74, 6) is 1.88. The number of hydrogen-bond donors (Lipinski definition) is 2. The largest absolute Gasteiger partial charge is 0.393 e. The van der Waals surface area contributed by atoms with E-state index >= 15 is 0 Å². The standard InChI is InChI=1S/C30H42O4S/c1-21(9-8-18-35(33,34)26-11-5-4-6-12-26)27-15-16-28-23(10-7-17-30(27,28)3)13-14-24-19-25(31)20-29(32)22(24)2/h4-6,11-14,21,25,27-29,31-32H,2,7-10,15-20H2,1,3H3/b23-13+,24-14-/t21-,25?,27-,28?,29?,30-/m1/s1. The third kappa shape index (κ3) is 5.68. The number of hydrogen-bond acceptors (Lipinski definition) is 4. The fourth-order valence-electron chi connectivity index (χ4n) is 7.22. The molecule has 35 heavy (non-hydrogen) atoms. The summed E-state index contributed by atoms with van der Waals surface area (Å²) in [4.78, 5) is 0.428. The molecule has 5 heteroatoms. The average molecular weight is 499 g/mol. The van der Waals surface area contributed by atoms with Crippen molar-refractivity contribution >= 4 is 9.84 Å². The van der Waals surface area contributed by atoms with E-state index < -0.39 is 22.0 Å². The summed E-state index contributed by atoms with van der Waals surface area (Å²) in [6.45, 7) is 8.83. The Hall–Kier alpha value is -1.69. The highest BCUT2D eigenvalue weighted by atomic mass is 32.2. The lowest BCUT2D eigenvalue weighted by molar-refractivity contribution is 0.0861. The highest BCUT2D eigenvalue weighted by Gasteiger charge is 2.50. The van der Waals surface area contributed by atoms with Crippen molar-refractivity contribution in [2.45, 2.75) is 88.7 Å².